The fraction of sp³-hybridized carbons (Fsp3) is 0.188. The van der Waals surface area contributed by atoms with Gasteiger partial charge in [-0.2, -0.15) is 9.36 Å². The van der Waals surface area contributed by atoms with Crippen molar-refractivity contribution in [2.75, 3.05) is 7.11 Å². The second-order valence-electron chi connectivity index (χ2n) is 4.97. The standard InChI is InChI=1S/C16H15ClN4O3/c1-20-16(22)21(19-18-20)13-7-5-6-12(17)11(13)10-24-15-9-4-3-8-14(15)23-2/h3-9H,10H2,1-2H3. The molecular formula is C16H15ClN4O3. The van der Waals surface area contributed by atoms with Gasteiger partial charge in [0, 0.05) is 17.6 Å². The lowest BCUT2D eigenvalue weighted by molar-refractivity contribution is 0.284. The Bertz CT molecular complexity index is 920. The van der Waals surface area contributed by atoms with Crippen LogP contribution in [0.2, 0.25) is 5.02 Å². The molecular weight excluding hydrogens is 332 g/mol. The molecule has 0 saturated heterocycles. The average molecular weight is 347 g/mol. The van der Waals surface area contributed by atoms with E-state index in [1.54, 1.807) is 37.4 Å². The van der Waals surface area contributed by atoms with Gasteiger partial charge in [-0.25, -0.2) is 4.79 Å². The highest BCUT2D eigenvalue weighted by Crippen LogP contribution is 2.29. The molecule has 0 amide bonds. The third-order valence-corrected chi connectivity index (χ3v) is 3.84. The highest BCUT2D eigenvalue weighted by atomic mass is 35.5. The van der Waals surface area contributed by atoms with Crippen LogP contribution in [0.5, 0.6) is 11.5 Å². The van der Waals surface area contributed by atoms with E-state index in [0.29, 0.717) is 27.8 Å². The van der Waals surface area contributed by atoms with Gasteiger partial charge in [-0.05, 0) is 34.7 Å². The lowest BCUT2D eigenvalue weighted by Crippen LogP contribution is -2.23. The van der Waals surface area contributed by atoms with Gasteiger partial charge in [-0.15, -0.1) is 0 Å². The number of nitrogens with zero attached hydrogens (tertiary/aromatic N) is 4. The molecule has 3 aromatic rings. The van der Waals surface area contributed by atoms with Gasteiger partial charge in [0.15, 0.2) is 11.5 Å². The van der Waals surface area contributed by atoms with Gasteiger partial charge in [0.25, 0.3) is 0 Å². The van der Waals surface area contributed by atoms with Gasteiger partial charge < -0.3 is 9.47 Å². The molecule has 0 aliphatic heterocycles. The Kier molecular flexibility index (Phi) is 4.52. The first kappa shape index (κ1) is 16.1. The number of aromatic nitrogens is 4. The van der Waals surface area contributed by atoms with Crippen LogP contribution in [0.4, 0.5) is 0 Å². The summed E-state index contributed by atoms with van der Waals surface area (Å²) in [5.74, 6) is 1.19. The molecule has 0 saturated carbocycles. The third-order valence-electron chi connectivity index (χ3n) is 3.49. The predicted molar refractivity (Wildman–Crippen MR) is 88.9 cm³/mol. The Morgan fingerprint density at radius 3 is 2.50 bits per heavy atom. The zero-order valence-corrected chi connectivity index (χ0v) is 13.9. The van der Waals surface area contributed by atoms with Crippen LogP contribution in [0.15, 0.2) is 47.3 Å². The van der Waals surface area contributed by atoms with Crippen molar-refractivity contribution in [2.24, 2.45) is 7.05 Å². The summed E-state index contributed by atoms with van der Waals surface area (Å²) in [6, 6.07) is 12.5. The van der Waals surface area contributed by atoms with E-state index in [2.05, 4.69) is 10.4 Å². The first-order valence-corrected chi connectivity index (χ1v) is 7.52. The van der Waals surface area contributed by atoms with E-state index in [9.17, 15) is 4.79 Å². The maximum atomic E-state index is 12.1. The van der Waals surface area contributed by atoms with Crippen molar-refractivity contribution in [3.63, 3.8) is 0 Å². The molecule has 2 aromatic carbocycles. The van der Waals surface area contributed by atoms with E-state index >= 15 is 0 Å². The van der Waals surface area contributed by atoms with Crippen molar-refractivity contribution in [1.29, 1.82) is 0 Å². The van der Waals surface area contributed by atoms with Crippen molar-refractivity contribution in [1.82, 2.24) is 19.8 Å². The van der Waals surface area contributed by atoms with Crippen LogP contribution in [0.1, 0.15) is 5.56 Å². The smallest absolute Gasteiger partial charge is 0.368 e. The van der Waals surface area contributed by atoms with Gasteiger partial charge in [0.2, 0.25) is 0 Å². The Labute approximate surface area is 143 Å². The first-order valence-electron chi connectivity index (χ1n) is 7.14. The topological polar surface area (TPSA) is 71.2 Å². The van der Waals surface area contributed by atoms with Crippen molar-refractivity contribution >= 4 is 11.6 Å². The van der Waals surface area contributed by atoms with Crippen molar-refractivity contribution in [3.8, 4) is 17.2 Å². The average Bonchev–Trinajstić information content (AvgIpc) is 2.93. The summed E-state index contributed by atoms with van der Waals surface area (Å²) >= 11 is 6.30. The van der Waals surface area contributed by atoms with E-state index in [1.807, 2.05) is 12.1 Å². The first-order chi connectivity index (χ1) is 11.6. The molecule has 7 nitrogen and oxygen atoms in total. The zero-order valence-electron chi connectivity index (χ0n) is 13.1. The van der Waals surface area contributed by atoms with Gasteiger partial charge >= 0.3 is 5.69 Å². The summed E-state index contributed by atoms with van der Waals surface area (Å²) in [4.78, 5) is 12.1. The molecule has 8 heteroatoms. The SMILES string of the molecule is COc1ccccc1OCc1c(Cl)cccc1-n1nnn(C)c1=O. The number of para-hydroxylation sites is 2. The van der Waals surface area contributed by atoms with Gasteiger partial charge in [0.1, 0.15) is 6.61 Å². The maximum Gasteiger partial charge on any atom is 0.368 e. The largest absolute Gasteiger partial charge is 0.493 e. The van der Waals surface area contributed by atoms with Crippen molar-refractivity contribution in [2.45, 2.75) is 6.61 Å². The number of benzene rings is 2. The monoisotopic (exact) mass is 346 g/mol. The predicted octanol–water partition coefficient (Wildman–Crippen LogP) is 2.21. The number of halogens is 1. The third kappa shape index (κ3) is 2.98. The van der Waals surface area contributed by atoms with Crippen LogP contribution >= 0.6 is 11.6 Å². The van der Waals surface area contributed by atoms with Crippen LogP contribution in [-0.2, 0) is 13.7 Å². The van der Waals surface area contributed by atoms with E-state index in [-0.39, 0.29) is 12.3 Å². The molecule has 0 atom stereocenters. The molecule has 3 rings (SSSR count). The minimum absolute atomic E-state index is 0.151. The molecule has 124 valence electrons. The summed E-state index contributed by atoms with van der Waals surface area (Å²) in [5, 5.41) is 8.05. The highest BCUT2D eigenvalue weighted by molar-refractivity contribution is 6.31. The van der Waals surface area contributed by atoms with E-state index in [0.717, 1.165) is 4.68 Å². The Balaban J connectivity index is 1.96. The van der Waals surface area contributed by atoms with Crippen LogP contribution in [0.25, 0.3) is 5.69 Å². The normalized spacial score (nSPS) is 10.6. The number of aryl methyl sites for hydroxylation is 1. The van der Waals surface area contributed by atoms with E-state index < -0.39 is 0 Å². The fourth-order valence-electron chi connectivity index (χ4n) is 2.24. The van der Waals surface area contributed by atoms with Crippen LogP contribution in [-0.4, -0.2) is 26.9 Å². The Morgan fingerprint density at radius 1 is 1.08 bits per heavy atom. The summed E-state index contributed by atoms with van der Waals surface area (Å²) < 4.78 is 13.4. The molecule has 1 aromatic heterocycles. The summed E-state index contributed by atoms with van der Waals surface area (Å²) in [7, 11) is 3.10. The minimum Gasteiger partial charge on any atom is -0.493 e. The molecule has 0 aliphatic carbocycles. The number of hydrogen-bond donors (Lipinski definition) is 0. The summed E-state index contributed by atoms with van der Waals surface area (Å²) in [6.45, 7) is 0.151. The molecule has 0 aliphatic rings. The number of rotatable bonds is 5. The van der Waals surface area contributed by atoms with Crippen LogP contribution in [0.3, 0.4) is 0 Å². The van der Waals surface area contributed by atoms with Crippen molar-refractivity contribution in [3.05, 3.63) is 63.5 Å². The molecule has 1 heterocycles. The molecule has 0 bridgehead atoms. The second-order valence-corrected chi connectivity index (χ2v) is 5.38. The van der Waals surface area contributed by atoms with E-state index in [1.165, 1.54) is 11.7 Å². The number of methoxy groups -OCH3 is 1. The van der Waals surface area contributed by atoms with E-state index in [4.69, 9.17) is 21.1 Å². The lowest BCUT2D eigenvalue weighted by Gasteiger charge is -2.13. The molecule has 0 spiro atoms. The molecule has 24 heavy (non-hydrogen) atoms. The van der Waals surface area contributed by atoms with Gasteiger partial charge in [-0.3, -0.25) is 0 Å². The lowest BCUT2D eigenvalue weighted by atomic mass is 10.2. The van der Waals surface area contributed by atoms with Crippen molar-refractivity contribution < 1.29 is 9.47 Å². The van der Waals surface area contributed by atoms with Crippen LogP contribution in [0, 0.1) is 0 Å². The maximum absolute atomic E-state index is 12.1. The molecule has 0 N–H and O–H groups in total. The fourth-order valence-corrected chi connectivity index (χ4v) is 2.47. The zero-order chi connectivity index (χ0) is 17.1. The summed E-state index contributed by atoms with van der Waals surface area (Å²) in [6.07, 6.45) is 0. The number of hydrogen-bond acceptors (Lipinski definition) is 5. The van der Waals surface area contributed by atoms with Gasteiger partial charge in [-0.1, -0.05) is 29.8 Å². The molecule has 0 radical (unpaired) electrons. The number of tetrazole rings is 1. The number of ether oxygens (including phenoxy) is 2. The quantitative estimate of drug-likeness (QED) is 0.708. The Morgan fingerprint density at radius 2 is 1.83 bits per heavy atom. The van der Waals surface area contributed by atoms with Crippen LogP contribution < -0.4 is 15.2 Å². The Hall–Kier alpha value is -2.80. The minimum atomic E-state index is -0.365. The molecule has 0 unspecified atom stereocenters. The highest BCUT2D eigenvalue weighted by Gasteiger charge is 2.15. The van der Waals surface area contributed by atoms with Gasteiger partial charge in [0.05, 0.1) is 12.8 Å². The second kappa shape index (κ2) is 6.76. The molecule has 0 fully saturated rings. The summed E-state index contributed by atoms with van der Waals surface area (Å²) in [5.41, 5.74) is 0.791.